The maximum atomic E-state index is 9.51. The third-order valence-electron chi connectivity index (χ3n) is 2.82. The molecule has 0 aromatic rings. The monoisotopic (exact) mass is 275 g/mol. The van der Waals surface area contributed by atoms with Crippen LogP contribution in [-0.4, -0.2) is 17.3 Å². The summed E-state index contributed by atoms with van der Waals surface area (Å²) in [5.41, 5.74) is 5.58. The normalized spacial score (nSPS) is 15.8. The molecule has 0 aromatic carbocycles. The van der Waals surface area contributed by atoms with Gasteiger partial charge < -0.3 is 10.8 Å². The molecule has 0 aliphatic rings. The molecule has 0 saturated heterocycles. The molecule has 0 bridgehead atoms. The Kier molecular flexibility index (Phi) is 13.1. The zero-order valence-corrected chi connectivity index (χ0v) is 12.6. The zero-order valence-electron chi connectivity index (χ0n) is 12.6. The van der Waals surface area contributed by atoms with Crippen LogP contribution in [0.4, 0.5) is 0 Å². The average Bonchev–Trinajstić information content (AvgIpc) is 2.43. The number of aliphatic hydroxyl groups excluding tert-OH is 1. The van der Waals surface area contributed by atoms with Crippen LogP contribution in [0.15, 0.2) is 61.3 Å². The maximum Gasteiger partial charge on any atom is 0.0691 e. The molecule has 0 aliphatic heterocycles. The molecule has 112 valence electrons. The van der Waals surface area contributed by atoms with E-state index in [1.807, 2.05) is 13.0 Å². The first-order valence-electron chi connectivity index (χ1n) is 7.34. The summed E-state index contributed by atoms with van der Waals surface area (Å²) in [5.74, 6) is 0. The highest BCUT2D eigenvalue weighted by Gasteiger charge is 2.06. The van der Waals surface area contributed by atoms with E-state index in [-0.39, 0.29) is 6.04 Å². The van der Waals surface area contributed by atoms with Gasteiger partial charge in [0.1, 0.15) is 0 Å². The van der Waals surface area contributed by atoms with Crippen LogP contribution in [0.5, 0.6) is 0 Å². The summed E-state index contributed by atoms with van der Waals surface area (Å²) in [6.45, 7) is 5.45. The minimum Gasteiger partial charge on any atom is -0.392 e. The molecule has 0 saturated carbocycles. The molecule has 0 heterocycles. The Morgan fingerprint density at radius 3 is 1.95 bits per heavy atom. The van der Waals surface area contributed by atoms with Gasteiger partial charge in [-0.1, -0.05) is 61.3 Å². The molecule has 3 N–H and O–H groups in total. The third kappa shape index (κ3) is 13.1. The summed E-state index contributed by atoms with van der Waals surface area (Å²) in [6.07, 6.45) is 22.8. The Labute approximate surface area is 124 Å². The summed E-state index contributed by atoms with van der Waals surface area (Å²) in [7, 11) is 0. The lowest BCUT2D eigenvalue weighted by Gasteiger charge is -2.12. The number of allylic oxidation sites excluding steroid dienone is 9. The number of nitrogens with two attached hydrogens (primary N) is 1. The van der Waals surface area contributed by atoms with Gasteiger partial charge in [0.25, 0.3) is 0 Å². The van der Waals surface area contributed by atoms with Gasteiger partial charge in [-0.2, -0.15) is 0 Å². The van der Waals surface area contributed by atoms with E-state index in [1.165, 1.54) is 0 Å². The van der Waals surface area contributed by atoms with E-state index in [9.17, 15) is 5.11 Å². The Balaban J connectivity index is 3.52. The molecule has 2 nitrogen and oxygen atoms in total. The highest BCUT2D eigenvalue weighted by molar-refractivity contribution is 5.03. The topological polar surface area (TPSA) is 46.2 Å². The van der Waals surface area contributed by atoms with Crippen LogP contribution in [0.25, 0.3) is 0 Å². The minimum atomic E-state index is -0.393. The van der Waals surface area contributed by atoms with Gasteiger partial charge in [-0.15, -0.1) is 0 Å². The van der Waals surface area contributed by atoms with Crippen molar-refractivity contribution < 1.29 is 5.11 Å². The van der Waals surface area contributed by atoms with E-state index in [0.717, 1.165) is 32.1 Å². The van der Waals surface area contributed by atoms with Crippen molar-refractivity contribution in [2.75, 3.05) is 0 Å². The van der Waals surface area contributed by atoms with E-state index < -0.39 is 6.10 Å². The van der Waals surface area contributed by atoms with Crippen molar-refractivity contribution in [3.63, 3.8) is 0 Å². The molecule has 0 aliphatic carbocycles. The van der Waals surface area contributed by atoms with E-state index in [4.69, 9.17) is 5.73 Å². The fourth-order valence-corrected chi connectivity index (χ4v) is 1.54. The molecule has 0 fully saturated rings. The second-order valence-corrected chi connectivity index (χ2v) is 4.79. The van der Waals surface area contributed by atoms with Gasteiger partial charge in [0.05, 0.1) is 6.10 Å². The average molecular weight is 275 g/mol. The van der Waals surface area contributed by atoms with Gasteiger partial charge in [-0.3, -0.25) is 0 Å². The summed E-state index contributed by atoms with van der Waals surface area (Å²) >= 11 is 0. The highest BCUT2D eigenvalue weighted by Crippen LogP contribution is 2.02. The summed E-state index contributed by atoms with van der Waals surface area (Å²) < 4.78 is 0. The lowest BCUT2D eigenvalue weighted by Crippen LogP contribution is -2.30. The molecular weight excluding hydrogens is 246 g/mol. The summed E-state index contributed by atoms with van der Waals surface area (Å²) in [6, 6.07) is -0.142. The molecule has 2 heteroatoms. The summed E-state index contributed by atoms with van der Waals surface area (Å²) in [5, 5.41) is 9.51. The predicted octanol–water partition coefficient (Wildman–Crippen LogP) is 4.06. The Morgan fingerprint density at radius 2 is 1.45 bits per heavy atom. The molecular formula is C18H29NO. The van der Waals surface area contributed by atoms with Gasteiger partial charge in [-0.25, -0.2) is 0 Å². The fourth-order valence-electron chi connectivity index (χ4n) is 1.54. The van der Waals surface area contributed by atoms with Crippen LogP contribution in [0.3, 0.4) is 0 Å². The fraction of sp³-hybridized carbons (Fsp3) is 0.444. The van der Waals surface area contributed by atoms with Crippen LogP contribution in [-0.2, 0) is 0 Å². The Bertz CT molecular complexity index is 337. The molecule has 0 radical (unpaired) electrons. The largest absolute Gasteiger partial charge is 0.392 e. The van der Waals surface area contributed by atoms with Crippen LogP contribution in [0.2, 0.25) is 0 Å². The van der Waals surface area contributed by atoms with Gasteiger partial charge in [0.2, 0.25) is 0 Å². The van der Waals surface area contributed by atoms with Crippen molar-refractivity contribution in [3.8, 4) is 0 Å². The molecule has 0 amide bonds. The highest BCUT2D eigenvalue weighted by atomic mass is 16.3. The smallest absolute Gasteiger partial charge is 0.0691 e. The second-order valence-electron chi connectivity index (χ2n) is 4.79. The van der Waals surface area contributed by atoms with Crippen molar-refractivity contribution in [2.45, 2.75) is 51.2 Å². The molecule has 2 unspecified atom stereocenters. The van der Waals surface area contributed by atoms with E-state index in [2.05, 4.69) is 49.1 Å². The lowest BCUT2D eigenvalue weighted by atomic mass is 10.1. The predicted molar refractivity (Wildman–Crippen MR) is 89.5 cm³/mol. The molecule has 0 aromatic heterocycles. The number of hydrogen-bond donors (Lipinski definition) is 2. The Morgan fingerprint density at radius 1 is 0.950 bits per heavy atom. The van der Waals surface area contributed by atoms with Crippen LogP contribution in [0.1, 0.15) is 39.0 Å². The molecule has 0 spiro atoms. The minimum absolute atomic E-state index is 0.142. The number of hydrogen-bond acceptors (Lipinski definition) is 2. The van der Waals surface area contributed by atoms with Gasteiger partial charge in [0.15, 0.2) is 0 Å². The first-order valence-corrected chi connectivity index (χ1v) is 7.34. The van der Waals surface area contributed by atoms with Gasteiger partial charge >= 0.3 is 0 Å². The van der Waals surface area contributed by atoms with Crippen LogP contribution < -0.4 is 5.73 Å². The number of rotatable bonds is 11. The molecule has 0 rings (SSSR count). The van der Waals surface area contributed by atoms with E-state index in [0.29, 0.717) is 0 Å². The van der Waals surface area contributed by atoms with Gasteiger partial charge in [0, 0.05) is 6.04 Å². The number of aliphatic hydroxyl groups is 1. The standard InChI is InChI=1S/C18H29NO/c1-3-4-5-6-7-8-9-10-11-12-13-14-15-16-18(20)17(2)19/h3-5,7-8,10-11,13-14,17-18,20H,1,6,9,12,15-16,19H2,2H3. The van der Waals surface area contributed by atoms with Crippen LogP contribution in [0, 0.1) is 0 Å². The Hall–Kier alpha value is -1.38. The maximum absolute atomic E-state index is 9.51. The molecule has 2 atom stereocenters. The van der Waals surface area contributed by atoms with Gasteiger partial charge in [-0.05, 0) is 39.0 Å². The SMILES string of the molecule is C=CC=CCC=CCC=CCC=CCCC(O)C(C)N. The zero-order chi connectivity index (χ0) is 15.1. The van der Waals surface area contributed by atoms with Crippen molar-refractivity contribution in [1.29, 1.82) is 0 Å². The quantitative estimate of drug-likeness (QED) is 0.441. The second kappa shape index (κ2) is 14.0. The van der Waals surface area contributed by atoms with Crippen LogP contribution >= 0.6 is 0 Å². The third-order valence-corrected chi connectivity index (χ3v) is 2.82. The van der Waals surface area contributed by atoms with Crippen molar-refractivity contribution in [2.24, 2.45) is 5.73 Å². The van der Waals surface area contributed by atoms with Crippen molar-refractivity contribution >= 4 is 0 Å². The van der Waals surface area contributed by atoms with E-state index in [1.54, 1.807) is 6.08 Å². The van der Waals surface area contributed by atoms with Crippen molar-refractivity contribution in [1.82, 2.24) is 0 Å². The van der Waals surface area contributed by atoms with E-state index >= 15 is 0 Å². The summed E-state index contributed by atoms with van der Waals surface area (Å²) in [4.78, 5) is 0. The first kappa shape index (κ1) is 18.6. The first-order chi connectivity index (χ1) is 9.68. The van der Waals surface area contributed by atoms with Crippen molar-refractivity contribution in [3.05, 3.63) is 61.3 Å². The lowest BCUT2D eigenvalue weighted by molar-refractivity contribution is 0.142. The molecule has 20 heavy (non-hydrogen) atoms.